The van der Waals surface area contributed by atoms with Crippen LogP contribution in [0.15, 0.2) is 0 Å². The minimum atomic E-state index is -0.681. The molecule has 0 aliphatic rings. The van der Waals surface area contributed by atoms with Crippen molar-refractivity contribution in [3.05, 3.63) is 0 Å². The third-order valence-electron chi connectivity index (χ3n) is 2.09. The summed E-state index contributed by atoms with van der Waals surface area (Å²) in [6.07, 6.45) is 0. The molecule has 0 rings (SSSR count). The average molecular weight is 300 g/mol. The van der Waals surface area contributed by atoms with E-state index in [2.05, 4.69) is 41.5 Å². The molecule has 0 atom stereocenters. The number of halogens is 1. The maximum atomic E-state index is 2.38. The van der Waals surface area contributed by atoms with Crippen molar-refractivity contribution in [3.8, 4) is 0 Å². The summed E-state index contributed by atoms with van der Waals surface area (Å²) in [5.41, 5.74) is 0. The molecule has 14 heavy (non-hydrogen) atoms. The van der Waals surface area contributed by atoms with Crippen LogP contribution in [0.4, 0.5) is 0 Å². The summed E-state index contributed by atoms with van der Waals surface area (Å²) in [6, 6.07) is 0. The van der Waals surface area contributed by atoms with Crippen LogP contribution in [0.1, 0.15) is 41.5 Å². The molecule has 0 aromatic carbocycles. The van der Waals surface area contributed by atoms with Crippen molar-refractivity contribution >= 4 is 17.0 Å². The molecule has 0 bridgehead atoms. The van der Waals surface area contributed by atoms with Gasteiger partial charge in [0.1, 0.15) is 0 Å². The molecular weight excluding hydrogens is 272 g/mol. The van der Waals surface area contributed by atoms with Gasteiger partial charge in [0.25, 0.3) is 0 Å². The van der Waals surface area contributed by atoms with Gasteiger partial charge in [-0.2, -0.15) is 0 Å². The minimum absolute atomic E-state index is 0. The molecule has 0 fully saturated rings. The van der Waals surface area contributed by atoms with E-state index in [1.54, 1.807) is 14.2 Å². The number of rotatable bonds is 6. The molecule has 0 aliphatic heterocycles. The molecule has 0 aromatic heterocycles. The summed E-state index contributed by atoms with van der Waals surface area (Å²) in [5, 5.41) is 0. The molecular formula is C12H28BrTi. The first kappa shape index (κ1) is 17.6. The van der Waals surface area contributed by atoms with Gasteiger partial charge in [-0.05, 0) is 0 Å². The first-order valence-electron chi connectivity index (χ1n) is 5.75. The van der Waals surface area contributed by atoms with Crippen LogP contribution in [0, 0.1) is 17.8 Å². The fraction of sp³-hybridized carbons (Fsp3) is 1.00. The van der Waals surface area contributed by atoms with E-state index in [9.17, 15) is 0 Å². The monoisotopic (exact) mass is 299 g/mol. The molecule has 0 aliphatic carbocycles. The van der Waals surface area contributed by atoms with Crippen molar-refractivity contribution in [2.24, 2.45) is 17.8 Å². The number of hydrogen-bond donors (Lipinski definition) is 0. The Bertz CT molecular complexity index is 97.7. The van der Waals surface area contributed by atoms with Crippen LogP contribution in [0.3, 0.4) is 0 Å². The molecule has 0 heterocycles. The van der Waals surface area contributed by atoms with Gasteiger partial charge in [0.05, 0.1) is 0 Å². The van der Waals surface area contributed by atoms with Crippen LogP contribution in [0.2, 0.25) is 14.2 Å². The Morgan fingerprint density at radius 1 is 0.643 bits per heavy atom. The van der Waals surface area contributed by atoms with Crippen LogP contribution in [0.25, 0.3) is 0 Å². The molecule has 2 heteroatoms. The summed E-state index contributed by atoms with van der Waals surface area (Å²) in [5.74, 6) is 2.81. The predicted octanol–water partition coefficient (Wildman–Crippen LogP) is 5.41. The van der Waals surface area contributed by atoms with Crippen LogP contribution in [0.5, 0.6) is 0 Å². The van der Waals surface area contributed by atoms with Gasteiger partial charge < -0.3 is 0 Å². The summed E-state index contributed by atoms with van der Waals surface area (Å²) < 4.78 is 4.74. The Labute approximate surface area is 108 Å². The zero-order chi connectivity index (χ0) is 10.4. The van der Waals surface area contributed by atoms with Crippen molar-refractivity contribution in [2.45, 2.75) is 55.7 Å². The molecule has 87 valence electrons. The topological polar surface area (TPSA) is 0 Å². The summed E-state index contributed by atoms with van der Waals surface area (Å²) in [7, 11) is 0. The van der Waals surface area contributed by atoms with Crippen LogP contribution in [-0.2, 0) is 17.9 Å². The van der Waals surface area contributed by atoms with Gasteiger partial charge in [-0.15, -0.1) is 17.0 Å². The molecule has 0 aromatic rings. The van der Waals surface area contributed by atoms with Gasteiger partial charge >= 0.3 is 91.3 Å². The maximum absolute atomic E-state index is 2.38. The third kappa shape index (κ3) is 11.3. The first-order chi connectivity index (χ1) is 5.91. The Balaban J connectivity index is 0. The Morgan fingerprint density at radius 2 is 0.857 bits per heavy atom. The first-order valence-corrected chi connectivity index (χ1v) is 9.06. The van der Waals surface area contributed by atoms with Gasteiger partial charge in [0, 0.05) is 0 Å². The van der Waals surface area contributed by atoms with Crippen molar-refractivity contribution in [1.29, 1.82) is 0 Å². The van der Waals surface area contributed by atoms with E-state index in [1.165, 1.54) is 0 Å². The molecule has 0 unspecified atom stereocenters. The summed E-state index contributed by atoms with van der Waals surface area (Å²) in [6.45, 7) is 14.3. The fourth-order valence-electron chi connectivity index (χ4n) is 1.98. The van der Waals surface area contributed by atoms with Crippen molar-refractivity contribution in [3.63, 3.8) is 0 Å². The van der Waals surface area contributed by atoms with Crippen molar-refractivity contribution in [1.82, 2.24) is 0 Å². The molecule has 0 spiro atoms. The third-order valence-corrected chi connectivity index (χ3v) is 8.62. The number of hydrogen-bond acceptors (Lipinski definition) is 0. The van der Waals surface area contributed by atoms with Gasteiger partial charge in [-0.1, -0.05) is 0 Å². The fourth-order valence-corrected chi connectivity index (χ4v) is 8.17. The van der Waals surface area contributed by atoms with E-state index in [4.69, 9.17) is 0 Å². The van der Waals surface area contributed by atoms with Crippen molar-refractivity contribution in [2.75, 3.05) is 0 Å². The van der Waals surface area contributed by atoms with E-state index in [0.717, 1.165) is 17.8 Å². The molecule has 0 amide bonds. The van der Waals surface area contributed by atoms with Gasteiger partial charge in [0.2, 0.25) is 0 Å². The molecule has 0 radical (unpaired) electrons. The van der Waals surface area contributed by atoms with Crippen LogP contribution >= 0.6 is 17.0 Å². The quantitative estimate of drug-likeness (QED) is 0.576. The standard InChI is InChI=1S/3C4H9.BrH.Ti/c3*1-4(2)3;;/h3*4H,1H2,2-3H3;1H;. The van der Waals surface area contributed by atoms with Crippen LogP contribution < -0.4 is 0 Å². The van der Waals surface area contributed by atoms with Gasteiger partial charge in [-0.3, -0.25) is 0 Å². The average Bonchev–Trinajstić information content (AvgIpc) is 1.80. The van der Waals surface area contributed by atoms with Gasteiger partial charge in [0.15, 0.2) is 0 Å². The van der Waals surface area contributed by atoms with E-state index in [0.29, 0.717) is 0 Å². The Kier molecular flexibility index (Phi) is 11.8. The second-order valence-electron chi connectivity index (χ2n) is 5.54. The second kappa shape index (κ2) is 9.42. The van der Waals surface area contributed by atoms with Gasteiger partial charge in [-0.25, -0.2) is 0 Å². The molecule has 0 nitrogen and oxygen atoms in total. The van der Waals surface area contributed by atoms with E-state index < -0.39 is 17.9 Å². The molecule has 0 N–H and O–H groups in total. The van der Waals surface area contributed by atoms with E-state index in [1.807, 2.05) is 0 Å². The SMILES string of the molecule is Br.CC(C)[CH2][Ti]([CH2]C(C)C)[CH2]C(C)C. The van der Waals surface area contributed by atoms with Crippen LogP contribution in [-0.4, -0.2) is 0 Å². The molecule has 0 saturated carbocycles. The van der Waals surface area contributed by atoms with Crippen molar-refractivity contribution < 1.29 is 17.9 Å². The Hall–Kier alpha value is 1.19. The van der Waals surface area contributed by atoms with E-state index >= 15 is 0 Å². The summed E-state index contributed by atoms with van der Waals surface area (Å²) >= 11 is -0.681. The predicted molar refractivity (Wildman–Crippen MR) is 69.3 cm³/mol. The zero-order valence-electron chi connectivity index (χ0n) is 10.8. The van der Waals surface area contributed by atoms with E-state index in [-0.39, 0.29) is 17.0 Å². The Morgan fingerprint density at radius 3 is 1.00 bits per heavy atom. The molecule has 0 saturated heterocycles. The zero-order valence-corrected chi connectivity index (χ0v) is 14.0. The second-order valence-corrected chi connectivity index (χ2v) is 9.80. The normalized spacial score (nSPS) is 10.9. The summed E-state index contributed by atoms with van der Waals surface area (Å²) in [4.78, 5) is 0.